The molecule has 1 aromatic heterocycles. The van der Waals surface area contributed by atoms with Crippen LogP contribution in [0, 0.1) is 5.92 Å². The van der Waals surface area contributed by atoms with Gasteiger partial charge in [0.15, 0.2) is 0 Å². The Balaban J connectivity index is 2.06. The zero-order chi connectivity index (χ0) is 13.1. The molecule has 1 amide bonds. The van der Waals surface area contributed by atoms with Crippen LogP contribution in [0.1, 0.15) is 16.8 Å². The number of amides is 1. The summed E-state index contributed by atoms with van der Waals surface area (Å²) in [6.07, 6.45) is 2.61. The largest absolute Gasteiger partial charge is 0.396 e. The van der Waals surface area contributed by atoms with Crippen LogP contribution in [-0.2, 0) is 0 Å². The Morgan fingerprint density at radius 3 is 2.83 bits per heavy atom. The van der Waals surface area contributed by atoms with Gasteiger partial charge < -0.3 is 14.9 Å². The second-order valence-electron chi connectivity index (χ2n) is 4.89. The van der Waals surface area contributed by atoms with Crippen LogP contribution in [0.2, 0.25) is 0 Å². The van der Waals surface area contributed by atoms with Gasteiger partial charge in [0.2, 0.25) is 0 Å². The summed E-state index contributed by atoms with van der Waals surface area (Å²) >= 11 is 0. The SMILES string of the molecule is CN(C)C(=O)c1ccc(N2CCC(CO)C2)nc1. The molecule has 0 spiro atoms. The molecule has 1 aliphatic rings. The van der Waals surface area contributed by atoms with E-state index >= 15 is 0 Å². The minimum absolute atomic E-state index is 0.0382. The highest BCUT2D eigenvalue weighted by atomic mass is 16.3. The lowest BCUT2D eigenvalue weighted by Crippen LogP contribution is -2.23. The number of nitrogens with zero attached hydrogens (tertiary/aromatic N) is 3. The van der Waals surface area contributed by atoms with Crippen molar-refractivity contribution in [1.82, 2.24) is 9.88 Å². The summed E-state index contributed by atoms with van der Waals surface area (Å²) in [5.41, 5.74) is 0.599. The van der Waals surface area contributed by atoms with Gasteiger partial charge in [0.05, 0.1) is 5.56 Å². The van der Waals surface area contributed by atoms with Crippen LogP contribution >= 0.6 is 0 Å². The highest BCUT2D eigenvalue weighted by Crippen LogP contribution is 2.21. The highest BCUT2D eigenvalue weighted by Gasteiger charge is 2.22. The number of aliphatic hydroxyl groups is 1. The Labute approximate surface area is 107 Å². The van der Waals surface area contributed by atoms with Gasteiger partial charge in [-0.3, -0.25) is 4.79 Å². The molecule has 1 aromatic rings. The first-order valence-electron chi connectivity index (χ1n) is 6.15. The van der Waals surface area contributed by atoms with Gasteiger partial charge in [0.1, 0.15) is 5.82 Å². The molecule has 18 heavy (non-hydrogen) atoms. The first-order valence-corrected chi connectivity index (χ1v) is 6.15. The third kappa shape index (κ3) is 2.61. The van der Waals surface area contributed by atoms with E-state index in [1.54, 1.807) is 26.4 Å². The van der Waals surface area contributed by atoms with Crippen molar-refractivity contribution in [3.8, 4) is 0 Å². The monoisotopic (exact) mass is 249 g/mol. The number of aromatic nitrogens is 1. The second kappa shape index (κ2) is 5.35. The van der Waals surface area contributed by atoms with Crippen LogP contribution in [0.25, 0.3) is 0 Å². The molecule has 1 atom stereocenters. The summed E-state index contributed by atoms with van der Waals surface area (Å²) in [4.78, 5) is 19.7. The summed E-state index contributed by atoms with van der Waals surface area (Å²) in [5.74, 6) is 1.18. The predicted octanol–water partition coefficient (Wildman–Crippen LogP) is 0.602. The van der Waals surface area contributed by atoms with Gasteiger partial charge in [-0.1, -0.05) is 0 Å². The van der Waals surface area contributed by atoms with Crippen molar-refractivity contribution in [3.63, 3.8) is 0 Å². The van der Waals surface area contributed by atoms with Crippen molar-refractivity contribution in [1.29, 1.82) is 0 Å². The maximum Gasteiger partial charge on any atom is 0.254 e. The number of aliphatic hydroxyl groups excluding tert-OH is 1. The van der Waals surface area contributed by atoms with Crippen LogP contribution < -0.4 is 4.90 Å². The molecule has 1 N–H and O–H groups in total. The number of rotatable bonds is 3. The number of pyridine rings is 1. The fourth-order valence-corrected chi connectivity index (χ4v) is 2.15. The smallest absolute Gasteiger partial charge is 0.254 e. The molecule has 5 nitrogen and oxygen atoms in total. The molecular weight excluding hydrogens is 230 g/mol. The second-order valence-corrected chi connectivity index (χ2v) is 4.89. The molecule has 1 aliphatic heterocycles. The Morgan fingerprint density at radius 1 is 1.56 bits per heavy atom. The highest BCUT2D eigenvalue weighted by molar-refractivity contribution is 5.93. The van der Waals surface area contributed by atoms with Gasteiger partial charge in [-0.15, -0.1) is 0 Å². The average Bonchev–Trinajstić information content (AvgIpc) is 2.86. The van der Waals surface area contributed by atoms with Crippen LogP contribution in [0.4, 0.5) is 5.82 Å². The molecule has 1 fully saturated rings. The standard InChI is InChI=1S/C13H19N3O2/c1-15(2)13(18)11-3-4-12(14-7-11)16-6-5-10(8-16)9-17/h3-4,7,10,17H,5-6,8-9H2,1-2H3. The first-order chi connectivity index (χ1) is 8.61. The Bertz CT molecular complexity index is 417. The Kier molecular flexibility index (Phi) is 3.81. The molecule has 5 heteroatoms. The van der Waals surface area contributed by atoms with E-state index in [1.807, 2.05) is 6.07 Å². The van der Waals surface area contributed by atoms with E-state index in [1.165, 1.54) is 4.90 Å². The maximum atomic E-state index is 11.7. The maximum absolute atomic E-state index is 11.7. The summed E-state index contributed by atoms with van der Waals surface area (Å²) in [6.45, 7) is 1.98. The van der Waals surface area contributed by atoms with E-state index in [9.17, 15) is 4.79 Å². The molecule has 0 aromatic carbocycles. The molecule has 0 radical (unpaired) electrons. The summed E-state index contributed by atoms with van der Waals surface area (Å²) in [6, 6.07) is 3.67. The van der Waals surface area contributed by atoms with Crippen molar-refractivity contribution in [2.24, 2.45) is 5.92 Å². The van der Waals surface area contributed by atoms with Crippen molar-refractivity contribution < 1.29 is 9.90 Å². The van der Waals surface area contributed by atoms with E-state index < -0.39 is 0 Å². The Morgan fingerprint density at radius 2 is 2.33 bits per heavy atom. The molecule has 2 heterocycles. The lowest BCUT2D eigenvalue weighted by molar-refractivity contribution is 0.0827. The fraction of sp³-hybridized carbons (Fsp3) is 0.538. The normalized spacial score (nSPS) is 19.1. The number of carbonyl (C=O) groups excluding carboxylic acids is 1. The first kappa shape index (κ1) is 12.8. The summed E-state index contributed by atoms with van der Waals surface area (Å²) in [7, 11) is 3.45. The number of anilines is 1. The van der Waals surface area contributed by atoms with Gasteiger partial charge in [-0.25, -0.2) is 4.98 Å². The number of hydrogen-bond donors (Lipinski definition) is 1. The van der Waals surface area contributed by atoms with E-state index in [4.69, 9.17) is 5.11 Å². The lowest BCUT2D eigenvalue weighted by Gasteiger charge is -2.17. The quantitative estimate of drug-likeness (QED) is 0.852. The molecule has 98 valence electrons. The molecule has 1 saturated heterocycles. The van der Waals surface area contributed by atoms with E-state index in [0.29, 0.717) is 11.5 Å². The average molecular weight is 249 g/mol. The van der Waals surface area contributed by atoms with E-state index in [2.05, 4.69) is 9.88 Å². The number of carbonyl (C=O) groups is 1. The molecular formula is C13H19N3O2. The van der Waals surface area contributed by atoms with Crippen LogP contribution in [0.5, 0.6) is 0 Å². The van der Waals surface area contributed by atoms with Crippen molar-refractivity contribution in [2.75, 3.05) is 38.7 Å². The molecule has 0 saturated carbocycles. The minimum Gasteiger partial charge on any atom is -0.396 e. The van der Waals surface area contributed by atoms with Gasteiger partial charge in [-0.05, 0) is 18.6 Å². The van der Waals surface area contributed by atoms with Crippen LogP contribution in [0.3, 0.4) is 0 Å². The minimum atomic E-state index is -0.0382. The molecule has 0 aliphatic carbocycles. The number of hydrogen-bond acceptors (Lipinski definition) is 4. The topological polar surface area (TPSA) is 56.7 Å². The van der Waals surface area contributed by atoms with Gasteiger partial charge in [-0.2, -0.15) is 0 Å². The molecule has 2 rings (SSSR count). The van der Waals surface area contributed by atoms with Crippen LogP contribution in [-0.4, -0.2) is 54.7 Å². The zero-order valence-electron chi connectivity index (χ0n) is 10.8. The van der Waals surface area contributed by atoms with Crippen molar-refractivity contribution in [3.05, 3.63) is 23.9 Å². The van der Waals surface area contributed by atoms with Gasteiger partial charge in [0, 0.05) is 45.9 Å². The van der Waals surface area contributed by atoms with Crippen molar-refractivity contribution >= 4 is 11.7 Å². The lowest BCUT2D eigenvalue weighted by atomic mass is 10.1. The summed E-state index contributed by atoms with van der Waals surface area (Å²) < 4.78 is 0. The van der Waals surface area contributed by atoms with Gasteiger partial charge >= 0.3 is 0 Å². The van der Waals surface area contributed by atoms with E-state index in [0.717, 1.165) is 25.3 Å². The van der Waals surface area contributed by atoms with E-state index in [-0.39, 0.29) is 12.5 Å². The molecule has 0 bridgehead atoms. The Hall–Kier alpha value is -1.62. The van der Waals surface area contributed by atoms with Crippen molar-refractivity contribution in [2.45, 2.75) is 6.42 Å². The zero-order valence-corrected chi connectivity index (χ0v) is 10.8. The molecule has 1 unspecified atom stereocenters. The third-order valence-corrected chi connectivity index (χ3v) is 3.27. The van der Waals surface area contributed by atoms with Gasteiger partial charge in [0.25, 0.3) is 5.91 Å². The fourth-order valence-electron chi connectivity index (χ4n) is 2.15. The summed E-state index contributed by atoms with van der Waals surface area (Å²) in [5, 5.41) is 9.11. The third-order valence-electron chi connectivity index (χ3n) is 3.27. The predicted molar refractivity (Wildman–Crippen MR) is 69.7 cm³/mol. The van der Waals surface area contributed by atoms with Crippen LogP contribution in [0.15, 0.2) is 18.3 Å².